The highest BCUT2D eigenvalue weighted by atomic mass is 19.4. The van der Waals surface area contributed by atoms with Crippen LogP contribution in [-0.4, -0.2) is 16.5 Å². The second kappa shape index (κ2) is 7.90. The molecule has 0 atom stereocenters. The van der Waals surface area contributed by atoms with Gasteiger partial charge in [0.1, 0.15) is 5.82 Å². The zero-order valence-corrected chi connectivity index (χ0v) is 14.3. The van der Waals surface area contributed by atoms with Crippen LogP contribution in [0.2, 0.25) is 0 Å². The first-order chi connectivity index (χ1) is 13.0. The van der Waals surface area contributed by atoms with Crippen LogP contribution in [0, 0.1) is 0 Å². The summed E-state index contributed by atoms with van der Waals surface area (Å²) in [6.45, 7) is 4.15. The van der Waals surface area contributed by atoms with E-state index in [0.29, 0.717) is 18.1 Å². The predicted octanol–water partition coefficient (Wildman–Crippen LogP) is 5.50. The van der Waals surface area contributed by atoms with Crippen molar-refractivity contribution in [2.45, 2.75) is 6.18 Å². The lowest BCUT2D eigenvalue weighted by Gasteiger charge is -2.12. The van der Waals surface area contributed by atoms with Crippen molar-refractivity contribution in [3.05, 3.63) is 78.9 Å². The summed E-state index contributed by atoms with van der Waals surface area (Å²) in [5.74, 6) is 0.737. The Hall–Kier alpha value is -3.35. The molecule has 4 nitrogen and oxygen atoms in total. The zero-order valence-electron chi connectivity index (χ0n) is 14.3. The van der Waals surface area contributed by atoms with Gasteiger partial charge in [-0.1, -0.05) is 42.5 Å². The summed E-state index contributed by atoms with van der Waals surface area (Å²) in [5, 5.41) is 5.93. The molecule has 27 heavy (non-hydrogen) atoms. The predicted molar refractivity (Wildman–Crippen MR) is 101 cm³/mol. The molecule has 0 aliphatic carbocycles. The van der Waals surface area contributed by atoms with Gasteiger partial charge in [-0.2, -0.15) is 18.2 Å². The Bertz CT molecular complexity index is 924. The van der Waals surface area contributed by atoms with Crippen LogP contribution < -0.4 is 10.6 Å². The molecule has 0 spiro atoms. The number of nitrogens with one attached hydrogen (secondary N) is 2. The summed E-state index contributed by atoms with van der Waals surface area (Å²) >= 11 is 0. The third-order valence-electron chi connectivity index (χ3n) is 3.67. The molecule has 2 N–H and O–H groups in total. The minimum atomic E-state index is -4.42. The molecule has 0 saturated heterocycles. The second-order valence-corrected chi connectivity index (χ2v) is 5.70. The van der Waals surface area contributed by atoms with Crippen molar-refractivity contribution in [3.63, 3.8) is 0 Å². The molecule has 138 valence electrons. The number of aromatic nitrogens is 2. The number of anilines is 3. The molecular weight excluding hydrogens is 353 g/mol. The van der Waals surface area contributed by atoms with Gasteiger partial charge in [-0.3, -0.25) is 0 Å². The minimum Gasteiger partial charge on any atom is -0.366 e. The van der Waals surface area contributed by atoms with Crippen LogP contribution in [-0.2, 0) is 6.18 Å². The summed E-state index contributed by atoms with van der Waals surface area (Å²) in [4.78, 5) is 8.75. The highest BCUT2D eigenvalue weighted by Gasteiger charge is 2.30. The van der Waals surface area contributed by atoms with E-state index in [-0.39, 0.29) is 11.6 Å². The van der Waals surface area contributed by atoms with Crippen molar-refractivity contribution in [2.24, 2.45) is 0 Å². The summed E-state index contributed by atoms with van der Waals surface area (Å²) in [7, 11) is 0. The van der Waals surface area contributed by atoms with Crippen LogP contribution in [0.25, 0.3) is 11.3 Å². The van der Waals surface area contributed by atoms with Crippen molar-refractivity contribution in [3.8, 4) is 11.3 Å². The molecule has 1 aromatic heterocycles. The van der Waals surface area contributed by atoms with Gasteiger partial charge >= 0.3 is 6.18 Å². The maximum atomic E-state index is 12.9. The fraction of sp³-hybridized carbons (Fsp3) is 0.100. The maximum Gasteiger partial charge on any atom is 0.416 e. The molecule has 0 saturated carbocycles. The van der Waals surface area contributed by atoms with Crippen molar-refractivity contribution in [2.75, 3.05) is 17.2 Å². The van der Waals surface area contributed by atoms with E-state index in [0.717, 1.165) is 17.7 Å². The minimum absolute atomic E-state index is 0.197. The Morgan fingerprint density at radius 2 is 1.74 bits per heavy atom. The Labute approximate surface area is 154 Å². The number of alkyl halides is 3. The van der Waals surface area contributed by atoms with Gasteiger partial charge in [0.2, 0.25) is 5.95 Å². The fourth-order valence-corrected chi connectivity index (χ4v) is 2.43. The lowest BCUT2D eigenvalue weighted by Crippen LogP contribution is -2.07. The molecule has 3 aromatic rings. The molecule has 0 aliphatic heterocycles. The Morgan fingerprint density at radius 1 is 0.963 bits per heavy atom. The third kappa shape index (κ3) is 4.84. The molecular formula is C20H17F3N4. The number of hydrogen-bond acceptors (Lipinski definition) is 4. The van der Waals surface area contributed by atoms with Gasteiger partial charge in [-0.15, -0.1) is 6.58 Å². The van der Waals surface area contributed by atoms with Crippen molar-refractivity contribution < 1.29 is 13.2 Å². The second-order valence-electron chi connectivity index (χ2n) is 5.70. The highest BCUT2D eigenvalue weighted by molar-refractivity contribution is 5.66. The molecule has 0 amide bonds. The topological polar surface area (TPSA) is 49.8 Å². The van der Waals surface area contributed by atoms with Crippen molar-refractivity contribution in [1.82, 2.24) is 9.97 Å². The monoisotopic (exact) mass is 370 g/mol. The zero-order chi connectivity index (χ0) is 19.3. The van der Waals surface area contributed by atoms with Crippen LogP contribution in [0.3, 0.4) is 0 Å². The van der Waals surface area contributed by atoms with Crippen molar-refractivity contribution in [1.29, 1.82) is 0 Å². The Balaban J connectivity index is 1.96. The van der Waals surface area contributed by atoms with Gasteiger partial charge in [0.05, 0.1) is 11.3 Å². The number of nitrogens with zero attached hydrogens (tertiary/aromatic N) is 2. The summed E-state index contributed by atoms with van der Waals surface area (Å²) < 4.78 is 38.8. The van der Waals surface area contributed by atoms with Crippen LogP contribution in [0.5, 0.6) is 0 Å². The molecule has 3 rings (SSSR count). The lowest BCUT2D eigenvalue weighted by atomic mass is 10.1. The SMILES string of the molecule is C=CCNc1cc(-c2ccccc2)nc(Nc2cccc(C(F)(F)F)c2)n1. The number of rotatable bonds is 6. The van der Waals surface area contributed by atoms with Gasteiger partial charge in [0.15, 0.2) is 0 Å². The molecule has 0 fully saturated rings. The maximum absolute atomic E-state index is 12.9. The molecule has 1 heterocycles. The molecule has 0 radical (unpaired) electrons. The lowest BCUT2D eigenvalue weighted by molar-refractivity contribution is -0.137. The van der Waals surface area contributed by atoms with E-state index < -0.39 is 11.7 Å². The van der Waals surface area contributed by atoms with E-state index in [9.17, 15) is 13.2 Å². The van der Waals surface area contributed by atoms with E-state index >= 15 is 0 Å². The van der Waals surface area contributed by atoms with Gasteiger partial charge < -0.3 is 10.6 Å². The standard InChI is InChI=1S/C20H17F3N4/c1-2-11-24-18-13-17(14-7-4-3-5-8-14)26-19(27-18)25-16-10-6-9-15(12-16)20(21,22)23/h2-10,12-13H,1,11H2,(H2,24,25,26,27). The van der Waals surface area contributed by atoms with Crippen LogP contribution in [0.15, 0.2) is 73.3 Å². The first kappa shape index (κ1) is 18.4. The normalized spacial score (nSPS) is 11.1. The average Bonchev–Trinajstić information content (AvgIpc) is 2.66. The first-order valence-electron chi connectivity index (χ1n) is 8.19. The molecule has 0 bridgehead atoms. The molecule has 7 heteroatoms. The third-order valence-corrected chi connectivity index (χ3v) is 3.67. The first-order valence-corrected chi connectivity index (χ1v) is 8.19. The van der Waals surface area contributed by atoms with E-state index in [2.05, 4.69) is 27.2 Å². The average molecular weight is 370 g/mol. The van der Waals surface area contributed by atoms with E-state index in [1.807, 2.05) is 30.3 Å². The van der Waals surface area contributed by atoms with E-state index in [4.69, 9.17) is 0 Å². The highest BCUT2D eigenvalue weighted by Crippen LogP contribution is 2.31. The van der Waals surface area contributed by atoms with Gasteiger partial charge in [0.25, 0.3) is 0 Å². The smallest absolute Gasteiger partial charge is 0.366 e. The fourth-order valence-electron chi connectivity index (χ4n) is 2.43. The van der Waals surface area contributed by atoms with Gasteiger partial charge in [0, 0.05) is 23.9 Å². The largest absolute Gasteiger partial charge is 0.416 e. The quantitative estimate of drug-likeness (QED) is 0.562. The summed E-state index contributed by atoms with van der Waals surface area (Å²) in [6.07, 6.45) is -2.73. The van der Waals surface area contributed by atoms with Crippen LogP contribution in [0.1, 0.15) is 5.56 Å². The number of benzene rings is 2. The Kier molecular flexibility index (Phi) is 5.40. The van der Waals surface area contributed by atoms with Gasteiger partial charge in [-0.05, 0) is 18.2 Å². The van der Waals surface area contributed by atoms with Crippen molar-refractivity contribution >= 4 is 17.5 Å². The Morgan fingerprint density at radius 3 is 2.44 bits per heavy atom. The van der Waals surface area contributed by atoms with E-state index in [1.165, 1.54) is 12.1 Å². The molecule has 0 aliphatic rings. The number of hydrogen-bond donors (Lipinski definition) is 2. The van der Waals surface area contributed by atoms with E-state index in [1.54, 1.807) is 12.1 Å². The molecule has 0 unspecified atom stereocenters. The summed E-state index contributed by atoms with van der Waals surface area (Å²) in [5.41, 5.74) is 1.03. The molecule has 2 aromatic carbocycles. The summed E-state index contributed by atoms with van der Waals surface area (Å²) in [6, 6.07) is 16.1. The number of halogens is 3. The van der Waals surface area contributed by atoms with Gasteiger partial charge in [-0.25, -0.2) is 4.98 Å². The van der Waals surface area contributed by atoms with Crippen LogP contribution >= 0.6 is 0 Å². The van der Waals surface area contributed by atoms with Crippen LogP contribution in [0.4, 0.5) is 30.6 Å².